The quantitative estimate of drug-likeness (QED) is 0.299. The normalized spacial score (nSPS) is 19.5. The highest BCUT2D eigenvalue weighted by atomic mass is 15.2. The number of nitrogens with one attached hydrogen (secondary N) is 2. The molecule has 6 rings (SSSR count). The van der Waals surface area contributed by atoms with E-state index < -0.39 is 0 Å². The smallest absolute Gasteiger partial charge is 0.121 e. The molecule has 0 bridgehead atoms. The number of aromatic nitrogens is 3. The molecule has 0 fully saturated rings. The lowest BCUT2D eigenvalue weighted by molar-refractivity contribution is 0.188. The van der Waals surface area contributed by atoms with Crippen molar-refractivity contribution in [2.24, 2.45) is 4.99 Å². The molecule has 0 amide bonds. The molecule has 1 aliphatic carbocycles. The number of dihydropyridines is 1. The van der Waals surface area contributed by atoms with E-state index in [4.69, 9.17) is 4.98 Å². The van der Waals surface area contributed by atoms with Gasteiger partial charge in [-0.15, -0.1) is 0 Å². The van der Waals surface area contributed by atoms with Gasteiger partial charge in [0.2, 0.25) is 0 Å². The Kier molecular flexibility index (Phi) is 7.25. The number of pyridine rings is 1. The molecule has 0 saturated carbocycles. The molecule has 2 N–H and O–H groups in total. The van der Waals surface area contributed by atoms with Gasteiger partial charge in [0.25, 0.3) is 0 Å². The molecule has 192 valence electrons. The van der Waals surface area contributed by atoms with Crippen LogP contribution in [0.1, 0.15) is 48.3 Å². The van der Waals surface area contributed by atoms with E-state index in [1.165, 1.54) is 22.3 Å². The molecule has 6 heteroatoms. The molecule has 3 atom stereocenters. The van der Waals surface area contributed by atoms with E-state index >= 15 is 0 Å². The number of hydrogen-bond acceptors (Lipinski definition) is 5. The van der Waals surface area contributed by atoms with E-state index in [0.717, 1.165) is 49.3 Å². The van der Waals surface area contributed by atoms with Crippen LogP contribution in [0.25, 0.3) is 11.0 Å². The van der Waals surface area contributed by atoms with E-state index in [-0.39, 0.29) is 6.04 Å². The van der Waals surface area contributed by atoms with Crippen molar-refractivity contribution in [1.29, 1.82) is 0 Å². The van der Waals surface area contributed by atoms with Gasteiger partial charge in [0, 0.05) is 43.8 Å². The Bertz CT molecular complexity index is 1420. The number of fused-ring (bicyclic) bond motifs is 2. The fraction of sp³-hybridized carbons (Fsp3) is 0.281. The van der Waals surface area contributed by atoms with Crippen molar-refractivity contribution in [3.63, 3.8) is 0 Å². The molecule has 2 aliphatic rings. The molecular weight excluding hydrogens is 468 g/mol. The molecular formula is C32H34N6. The van der Waals surface area contributed by atoms with Crippen LogP contribution < -0.4 is 5.32 Å². The predicted molar refractivity (Wildman–Crippen MR) is 154 cm³/mol. The number of para-hydroxylation sites is 2. The third-order valence-electron chi connectivity index (χ3n) is 7.61. The summed E-state index contributed by atoms with van der Waals surface area (Å²) in [5.41, 5.74) is 7.23. The highest BCUT2D eigenvalue weighted by Crippen LogP contribution is 2.29. The van der Waals surface area contributed by atoms with Crippen LogP contribution in [0.5, 0.6) is 0 Å². The maximum Gasteiger partial charge on any atom is 0.121 e. The number of hydrogen-bond donors (Lipinski definition) is 2. The summed E-state index contributed by atoms with van der Waals surface area (Å²) in [4.78, 5) is 19.9. The van der Waals surface area contributed by atoms with Crippen molar-refractivity contribution in [1.82, 2.24) is 25.2 Å². The highest BCUT2D eigenvalue weighted by molar-refractivity contribution is 5.75. The van der Waals surface area contributed by atoms with Gasteiger partial charge in [-0.2, -0.15) is 0 Å². The summed E-state index contributed by atoms with van der Waals surface area (Å²) in [6.45, 7) is 4.63. The van der Waals surface area contributed by atoms with Crippen LogP contribution in [0.4, 0.5) is 0 Å². The van der Waals surface area contributed by atoms with Crippen LogP contribution in [-0.2, 0) is 19.6 Å². The van der Waals surface area contributed by atoms with E-state index in [1.54, 1.807) is 0 Å². The van der Waals surface area contributed by atoms with Crippen molar-refractivity contribution in [3.8, 4) is 0 Å². The van der Waals surface area contributed by atoms with E-state index in [2.05, 4.69) is 98.9 Å². The van der Waals surface area contributed by atoms with Crippen molar-refractivity contribution in [2.75, 3.05) is 0 Å². The molecule has 6 nitrogen and oxygen atoms in total. The third-order valence-corrected chi connectivity index (χ3v) is 7.61. The second-order valence-corrected chi connectivity index (χ2v) is 10.3. The number of aliphatic imine (C=N–C) groups is 1. The monoisotopic (exact) mass is 502 g/mol. The first-order valence-corrected chi connectivity index (χ1v) is 13.5. The van der Waals surface area contributed by atoms with Gasteiger partial charge in [-0.25, -0.2) is 4.98 Å². The van der Waals surface area contributed by atoms with Crippen LogP contribution in [0.3, 0.4) is 0 Å². The summed E-state index contributed by atoms with van der Waals surface area (Å²) < 4.78 is 0. The molecule has 3 unspecified atom stereocenters. The Labute approximate surface area is 224 Å². The van der Waals surface area contributed by atoms with E-state index in [0.29, 0.717) is 12.1 Å². The molecule has 2 aromatic heterocycles. The zero-order valence-corrected chi connectivity index (χ0v) is 21.8. The maximum absolute atomic E-state index is 4.88. The first kappa shape index (κ1) is 24.5. The number of rotatable bonds is 9. The van der Waals surface area contributed by atoms with Gasteiger partial charge < -0.3 is 10.3 Å². The zero-order valence-electron chi connectivity index (χ0n) is 21.8. The van der Waals surface area contributed by atoms with Crippen LogP contribution in [0.2, 0.25) is 0 Å². The van der Waals surface area contributed by atoms with Gasteiger partial charge in [0.1, 0.15) is 5.82 Å². The zero-order chi connectivity index (χ0) is 25.7. The molecule has 1 aliphatic heterocycles. The van der Waals surface area contributed by atoms with Crippen LogP contribution >= 0.6 is 0 Å². The Balaban J connectivity index is 1.17. The minimum atomic E-state index is 0.254. The second-order valence-electron chi connectivity index (χ2n) is 10.3. The lowest BCUT2D eigenvalue weighted by atomic mass is 9.89. The highest BCUT2D eigenvalue weighted by Gasteiger charge is 2.27. The topological polar surface area (TPSA) is 69.2 Å². The maximum atomic E-state index is 4.88. The molecule has 0 spiro atoms. The van der Waals surface area contributed by atoms with Crippen molar-refractivity contribution >= 4 is 17.2 Å². The average Bonchev–Trinajstić information content (AvgIpc) is 3.39. The van der Waals surface area contributed by atoms with Crippen LogP contribution in [-0.4, -0.2) is 38.2 Å². The molecule has 0 radical (unpaired) electrons. The van der Waals surface area contributed by atoms with Crippen molar-refractivity contribution in [3.05, 3.63) is 119 Å². The summed E-state index contributed by atoms with van der Waals surface area (Å²) in [6.07, 6.45) is 14.5. The number of H-pyrrole nitrogens is 1. The number of nitrogens with zero attached hydrogens (tertiary/aromatic N) is 4. The van der Waals surface area contributed by atoms with Crippen LogP contribution in [0.15, 0.2) is 102 Å². The van der Waals surface area contributed by atoms with Crippen molar-refractivity contribution in [2.45, 2.75) is 57.5 Å². The number of benzene rings is 2. The molecule has 4 aromatic rings. The Morgan fingerprint density at radius 2 is 1.87 bits per heavy atom. The number of aromatic amines is 1. The first-order valence-electron chi connectivity index (χ1n) is 13.5. The van der Waals surface area contributed by atoms with Gasteiger partial charge in [0.15, 0.2) is 0 Å². The Morgan fingerprint density at radius 1 is 1.00 bits per heavy atom. The Morgan fingerprint density at radius 3 is 2.71 bits per heavy atom. The average molecular weight is 503 g/mol. The summed E-state index contributed by atoms with van der Waals surface area (Å²) in [7, 11) is 0. The lowest BCUT2D eigenvalue weighted by Gasteiger charge is -2.34. The van der Waals surface area contributed by atoms with E-state index in [1.807, 2.05) is 30.7 Å². The van der Waals surface area contributed by atoms with Gasteiger partial charge in [0.05, 0.1) is 23.6 Å². The minimum Gasteiger partial charge on any atom is -0.341 e. The largest absolute Gasteiger partial charge is 0.341 e. The minimum absolute atomic E-state index is 0.254. The van der Waals surface area contributed by atoms with Gasteiger partial charge in [-0.05, 0) is 66.3 Å². The molecule has 0 saturated heterocycles. The van der Waals surface area contributed by atoms with Crippen LogP contribution in [0, 0.1) is 0 Å². The molecule has 2 aromatic carbocycles. The molecule has 3 heterocycles. The van der Waals surface area contributed by atoms with Gasteiger partial charge in [-0.3, -0.25) is 14.9 Å². The fourth-order valence-electron chi connectivity index (χ4n) is 5.42. The summed E-state index contributed by atoms with van der Waals surface area (Å²) >= 11 is 0. The second kappa shape index (κ2) is 11.3. The fourth-order valence-corrected chi connectivity index (χ4v) is 5.42. The number of allylic oxidation sites excluding steroid dienone is 1. The summed E-state index contributed by atoms with van der Waals surface area (Å²) in [6, 6.07) is 22.3. The standard InChI is InChI=1S/C32H34N6/c1-23(27-7-4-16-33-20-27)35-19-24-10-12-25(13-11-24)21-38(22-32-36-30-8-2-3-9-31(30)37-32)28-14-15-29-26(18-28)6-5-17-34-29/h2-13,16-18,20,23,28-29,35H,14-15,19,21-22H2,1H3,(H,36,37). The number of imidazole rings is 1. The lowest BCUT2D eigenvalue weighted by Crippen LogP contribution is -2.37. The van der Waals surface area contributed by atoms with Gasteiger partial charge >= 0.3 is 0 Å². The molecule has 38 heavy (non-hydrogen) atoms. The summed E-state index contributed by atoms with van der Waals surface area (Å²) in [5, 5.41) is 3.61. The van der Waals surface area contributed by atoms with Gasteiger partial charge in [-0.1, -0.05) is 54.6 Å². The Hall–Kier alpha value is -3.87. The first-order chi connectivity index (χ1) is 18.7. The van der Waals surface area contributed by atoms with Crippen molar-refractivity contribution < 1.29 is 0 Å². The summed E-state index contributed by atoms with van der Waals surface area (Å²) in [5.74, 6) is 1.01. The van der Waals surface area contributed by atoms with E-state index in [9.17, 15) is 0 Å². The third kappa shape index (κ3) is 5.67. The predicted octanol–water partition coefficient (Wildman–Crippen LogP) is 5.91. The SMILES string of the molecule is CC(NCc1ccc(CN(Cc2nc3ccccc3[nH]2)C2C=C3C=CC=NC3CC2)cc1)c1cccnc1.